The highest BCUT2D eigenvalue weighted by Crippen LogP contribution is 2.27. The van der Waals surface area contributed by atoms with Gasteiger partial charge in [0.05, 0.1) is 5.56 Å². The summed E-state index contributed by atoms with van der Waals surface area (Å²) in [5.74, 6) is 0.0789. The second-order valence-electron chi connectivity index (χ2n) is 6.71. The molecule has 1 saturated heterocycles. The average Bonchev–Trinajstić information content (AvgIpc) is 3.10. The molecule has 0 radical (unpaired) electrons. The van der Waals surface area contributed by atoms with E-state index in [0.717, 1.165) is 41.4 Å². The first-order chi connectivity index (χ1) is 13.0. The molecule has 1 aliphatic heterocycles. The fourth-order valence-electron chi connectivity index (χ4n) is 3.14. The predicted octanol–water partition coefficient (Wildman–Crippen LogP) is 4.30. The Morgan fingerprint density at radius 3 is 2.89 bits per heavy atom. The van der Waals surface area contributed by atoms with E-state index >= 15 is 0 Å². The number of carbonyl (C=O) groups excluding carboxylic acids is 2. The van der Waals surface area contributed by atoms with Gasteiger partial charge >= 0.3 is 5.97 Å². The third-order valence-electron chi connectivity index (χ3n) is 4.64. The van der Waals surface area contributed by atoms with Gasteiger partial charge in [-0.3, -0.25) is 4.79 Å². The second-order valence-corrected chi connectivity index (χ2v) is 8.79. The number of aromatic nitrogens is 1. The van der Waals surface area contributed by atoms with Gasteiger partial charge in [-0.1, -0.05) is 30.0 Å². The van der Waals surface area contributed by atoms with E-state index in [0.29, 0.717) is 11.3 Å². The molecule has 1 unspecified atom stereocenters. The van der Waals surface area contributed by atoms with E-state index < -0.39 is 5.97 Å². The molecule has 1 amide bonds. The van der Waals surface area contributed by atoms with Gasteiger partial charge < -0.3 is 9.64 Å². The molecule has 27 heavy (non-hydrogen) atoms. The molecule has 1 aromatic heterocycles. The normalized spacial score (nSPS) is 17.0. The molecule has 3 rings (SSSR count). The third-order valence-corrected chi connectivity index (χ3v) is 6.82. The zero-order valence-corrected chi connectivity index (χ0v) is 17.3. The highest BCUT2D eigenvalue weighted by molar-refractivity contribution is 8.00. The van der Waals surface area contributed by atoms with Gasteiger partial charge in [-0.15, -0.1) is 11.3 Å². The maximum absolute atomic E-state index is 12.5. The van der Waals surface area contributed by atoms with Crippen LogP contribution < -0.4 is 0 Å². The van der Waals surface area contributed by atoms with Gasteiger partial charge in [-0.05, 0) is 44.7 Å². The zero-order chi connectivity index (χ0) is 19.2. The molecule has 2 heterocycles. The number of aryl methyl sites for hydroxylation is 1. The van der Waals surface area contributed by atoms with Crippen molar-refractivity contribution in [2.75, 3.05) is 13.2 Å². The van der Waals surface area contributed by atoms with Crippen molar-refractivity contribution in [1.29, 1.82) is 0 Å². The summed E-state index contributed by atoms with van der Waals surface area (Å²) in [5.41, 5.74) is 2.40. The van der Waals surface area contributed by atoms with Crippen LogP contribution in [0.15, 0.2) is 34.0 Å². The van der Waals surface area contributed by atoms with Gasteiger partial charge in [-0.2, -0.15) is 0 Å². The highest BCUT2D eigenvalue weighted by atomic mass is 32.2. The number of hydrogen-bond acceptors (Lipinski definition) is 6. The molecule has 0 saturated carbocycles. The second kappa shape index (κ2) is 9.37. The molecule has 1 aliphatic rings. The van der Waals surface area contributed by atoms with Crippen LogP contribution in [0.5, 0.6) is 0 Å². The Labute approximate surface area is 168 Å². The van der Waals surface area contributed by atoms with Crippen LogP contribution in [0, 0.1) is 6.92 Å². The van der Waals surface area contributed by atoms with Crippen LogP contribution in [0.3, 0.4) is 0 Å². The number of thioether (sulfide) groups is 1. The van der Waals surface area contributed by atoms with Crippen molar-refractivity contribution in [2.24, 2.45) is 0 Å². The van der Waals surface area contributed by atoms with E-state index in [1.807, 2.05) is 42.3 Å². The van der Waals surface area contributed by atoms with Crippen molar-refractivity contribution in [3.05, 3.63) is 46.5 Å². The first-order valence-electron chi connectivity index (χ1n) is 9.14. The number of thiazole rings is 1. The van der Waals surface area contributed by atoms with Crippen LogP contribution in [-0.2, 0) is 15.3 Å². The van der Waals surface area contributed by atoms with Crippen molar-refractivity contribution in [3.63, 3.8) is 0 Å². The van der Waals surface area contributed by atoms with Gasteiger partial charge in [0.2, 0.25) is 0 Å². The third kappa shape index (κ3) is 5.32. The Morgan fingerprint density at radius 2 is 2.15 bits per heavy atom. The van der Waals surface area contributed by atoms with E-state index in [1.54, 1.807) is 29.2 Å². The number of ether oxygens (including phenoxy) is 1. The Bertz CT molecular complexity index is 806. The summed E-state index contributed by atoms with van der Waals surface area (Å²) < 4.78 is 6.31. The van der Waals surface area contributed by atoms with Gasteiger partial charge in [0.25, 0.3) is 5.91 Å². The molecule has 0 bridgehead atoms. The summed E-state index contributed by atoms with van der Waals surface area (Å²) in [6.07, 6.45) is 3.17. The summed E-state index contributed by atoms with van der Waals surface area (Å²) in [6.45, 7) is 4.56. The summed E-state index contributed by atoms with van der Waals surface area (Å²) in [4.78, 5) is 31.2. The van der Waals surface area contributed by atoms with Crippen LogP contribution in [0.25, 0.3) is 0 Å². The van der Waals surface area contributed by atoms with E-state index in [4.69, 9.17) is 4.74 Å². The number of piperidine rings is 1. The first kappa shape index (κ1) is 19.9. The van der Waals surface area contributed by atoms with Gasteiger partial charge in [0.15, 0.2) is 6.61 Å². The Kier molecular flexibility index (Phi) is 6.90. The number of rotatable bonds is 6. The number of hydrogen-bond donors (Lipinski definition) is 0. The van der Waals surface area contributed by atoms with E-state index in [1.165, 1.54) is 0 Å². The molecular formula is C20H24N2O3S2. The zero-order valence-electron chi connectivity index (χ0n) is 15.6. The highest BCUT2D eigenvalue weighted by Gasteiger charge is 2.24. The van der Waals surface area contributed by atoms with E-state index in [9.17, 15) is 9.59 Å². The van der Waals surface area contributed by atoms with Crippen LogP contribution in [0.1, 0.15) is 47.8 Å². The number of likely N-dealkylation sites (tertiary alicyclic amines) is 1. The summed E-state index contributed by atoms with van der Waals surface area (Å²) in [7, 11) is 0. The molecule has 0 spiro atoms. The maximum atomic E-state index is 12.5. The SMILES string of the molecule is Cc1csc(SCc2ccccc2C(=O)OCC(=O)N2CCCCC2C)n1. The number of amides is 1. The number of esters is 1. The topological polar surface area (TPSA) is 59.5 Å². The van der Waals surface area contributed by atoms with Gasteiger partial charge in [0.1, 0.15) is 4.34 Å². The largest absolute Gasteiger partial charge is 0.452 e. The fraction of sp³-hybridized carbons (Fsp3) is 0.450. The lowest BCUT2D eigenvalue weighted by Crippen LogP contribution is -2.44. The van der Waals surface area contributed by atoms with Crippen LogP contribution in [0.4, 0.5) is 0 Å². The molecule has 0 aliphatic carbocycles. The Balaban J connectivity index is 1.58. The standard InChI is InChI=1S/C20H24N2O3S2/c1-14-12-26-20(21-14)27-13-16-8-3-4-9-17(16)19(24)25-11-18(23)22-10-6-5-7-15(22)2/h3-4,8-9,12,15H,5-7,10-11,13H2,1-2H3. The number of carbonyl (C=O) groups is 2. The summed E-state index contributed by atoms with van der Waals surface area (Å²) in [6, 6.07) is 7.60. The minimum Gasteiger partial charge on any atom is -0.452 e. The quantitative estimate of drug-likeness (QED) is 0.531. The van der Waals surface area contributed by atoms with Crippen LogP contribution in [-0.4, -0.2) is 41.0 Å². The average molecular weight is 405 g/mol. The lowest BCUT2D eigenvalue weighted by atomic mass is 10.0. The van der Waals surface area contributed by atoms with E-state index in [2.05, 4.69) is 4.98 Å². The van der Waals surface area contributed by atoms with Gasteiger partial charge in [-0.25, -0.2) is 9.78 Å². The smallest absolute Gasteiger partial charge is 0.338 e. The van der Waals surface area contributed by atoms with Gasteiger partial charge in [0, 0.05) is 29.4 Å². The van der Waals surface area contributed by atoms with E-state index in [-0.39, 0.29) is 18.6 Å². The minimum atomic E-state index is -0.445. The molecule has 5 nitrogen and oxygen atoms in total. The van der Waals surface area contributed by atoms with Crippen LogP contribution >= 0.6 is 23.1 Å². The predicted molar refractivity (Wildman–Crippen MR) is 108 cm³/mol. The van der Waals surface area contributed by atoms with Crippen molar-refractivity contribution in [1.82, 2.24) is 9.88 Å². The first-order valence-corrected chi connectivity index (χ1v) is 11.0. The summed E-state index contributed by atoms with van der Waals surface area (Å²) >= 11 is 3.20. The fourth-order valence-corrected chi connectivity index (χ4v) is 4.99. The molecule has 2 aromatic rings. The monoisotopic (exact) mass is 404 g/mol. The lowest BCUT2D eigenvalue weighted by molar-refractivity contribution is -0.137. The Morgan fingerprint density at radius 1 is 1.33 bits per heavy atom. The van der Waals surface area contributed by atoms with Crippen molar-refractivity contribution < 1.29 is 14.3 Å². The van der Waals surface area contributed by atoms with Crippen LogP contribution in [0.2, 0.25) is 0 Å². The summed E-state index contributed by atoms with van der Waals surface area (Å²) in [5, 5.41) is 2.01. The van der Waals surface area contributed by atoms with Crippen molar-refractivity contribution in [3.8, 4) is 0 Å². The molecular weight excluding hydrogens is 380 g/mol. The number of benzene rings is 1. The molecule has 0 N–H and O–H groups in total. The lowest BCUT2D eigenvalue weighted by Gasteiger charge is -2.33. The Hall–Kier alpha value is -1.86. The van der Waals surface area contributed by atoms with Crippen molar-refractivity contribution in [2.45, 2.75) is 49.2 Å². The number of nitrogens with zero attached hydrogens (tertiary/aromatic N) is 2. The minimum absolute atomic E-state index is 0.110. The molecule has 1 atom stereocenters. The molecule has 1 aromatic carbocycles. The maximum Gasteiger partial charge on any atom is 0.338 e. The van der Waals surface area contributed by atoms with Crippen molar-refractivity contribution >= 4 is 35.0 Å². The molecule has 7 heteroatoms. The molecule has 1 fully saturated rings. The molecule has 144 valence electrons.